The summed E-state index contributed by atoms with van der Waals surface area (Å²) in [6, 6.07) is 9.60. The molecule has 2 N–H and O–H groups in total. The third kappa shape index (κ3) is 6.41. The lowest BCUT2D eigenvalue weighted by molar-refractivity contribution is -0.136. The third-order valence-corrected chi connectivity index (χ3v) is 6.05. The number of aromatic amines is 1. The highest BCUT2D eigenvalue weighted by molar-refractivity contribution is 5.97. The highest BCUT2D eigenvalue weighted by atomic mass is 16.5. The fourth-order valence-corrected chi connectivity index (χ4v) is 4.14. The molecule has 0 saturated carbocycles. The van der Waals surface area contributed by atoms with Crippen LogP contribution in [0, 0.1) is 5.92 Å². The number of piperidine rings is 1. The lowest BCUT2D eigenvalue weighted by Crippen LogP contribution is -2.54. The molecule has 11 nitrogen and oxygen atoms in total. The zero-order valence-electron chi connectivity index (χ0n) is 21.4. The second-order valence-electron chi connectivity index (χ2n) is 9.65. The van der Waals surface area contributed by atoms with Gasteiger partial charge in [-0.25, -0.2) is 4.98 Å². The SMILES string of the molecule is CC(C)Oc1ccc(OC2CCN(C(=O)[C@@H](NC(=O)c3nc4ccccc4[nH]c3=O)C(C)C)CC2)nn1. The lowest BCUT2D eigenvalue weighted by Gasteiger charge is -2.35. The van der Waals surface area contributed by atoms with Gasteiger partial charge in [0, 0.05) is 38.1 Å². The molecule has 11 heteroatoms. The average Bonchev–Trinajstić information content (AvgIpc) is 2.87. The largest absolute Gasteiger partial charge is 0.474 e. The van der Waals surface area contributed by atoms with Crippen molar-refractivity contribution in [3.8, 4) is 11.8 Å². The van der Waals surface area contributed by atoms with E-state index in [9.17, 15) is 14.4 Å². The van der Waals surface area contributed by atoms with Crippen molar-refractivity contribution in [3.63, 3.8) is 0 Å². The third-order valence-electron chi connectivity index (χ3n) is 6.05. The first-order valence-corrected chi connectivity index (χ1v) is 12.5. The maximum atomic E-state index is 13.3. The number of nitrogens with one attached hydrogen (secondary N) is 2. The number of hydrogen-bond donors (Lipinski definition) is 2. The number of amides is 2. The molecule has 0 bridgehead atoms. The monoisotopic (exact) mass is 508 g/mol. The van der Waals surface area contributed by atoms with E-state index in [0.717, 1.165) is 0 Å². The molecule has 3 aromatic rings. The first kappa shape index (κ1) is 26.1. The van der Waals surface area contributed by atoms with E-state index in [4.69, 9.17) is 9.47 Å². The van der Waals surface area contributed by atoms with E-state index in [1.165, 1.54) is 0 Å². The van der Waals surface area contributed by atoms with Crippen LogP contribution in [0.25, 0.3) is 11.0 Å². The molecular weight excluding hydrogens is 476 g/mol. The summed E-state index contributed by atoms with van der Waals surface area (Å²) in [7, 11) is 0. The fourth-order valence-electron chi connectivity index (χ4n) is 4.14. The first-order chi connectivity index (χ1) is 17.7. The molecular formula is C26H32N6O5. The number of hydrogen-bond acceptors (Lipinski definition) is 8. The van der Waals surface area contributed by atoms with Crippen molar-refractivity contribution in [3.05, 3.63) is 52.4 Å². The Labute approximate surface area is 214 Å². The summed E-state index contributed by atoms with van der Waals surface area (Å²) < 4.78 is 11.4. The first-order valence-electron chi connectivity index (χ1n) is 12.5. The summed E-state index contributed by atoms with van der Waals surface area (Å²) in [4.78, 5) is 47.3. The molecule has 2 aromatic heterocycles. The minimum Gasteiger partial charge on any atom is -0.474 e. The van der Waals surface area contributed by atoms with Gasteiger partial charge in [-0.1, -0.05) is 26.0 Å². The van der Waals surface area contributed by atoms with Gasteiger partial charge in [-0.3, -0.25) is 14.4 Å². The van der Waals surface area contributed by atoms with E-state index < -0.39 is 17.5 Å². The molecule has 3 heterocycles. The van der Waals surface area contributed by atoms with Gasteiger partial charge in [0.25, 0.3) is 11.5 Å². The minimum absolute atomic E-state index is 0.00640. The molecule has 1 saturated heterocycles. The number of rotatable bonds is 8. The van der Waals surface area contributed by atoms with E-state index in [2.05, 4.69) is 25.5 Å². The van der Waals surface area contributed by atoms with Crippen molar-refractivity contribution in [1.82, 2.24) is 30.4 Å². The van der Waals surface area contributed by atoms with Gasteiger partial charge in [0.05, 0.1) is 17.1 Å². The number of benzene rings is 1. The van der Waals surface area contributed by atoms with Gasteiger partial charge in [-0.05, 0) is 31.9 Å². The van der Waals surface area contributed by atoms with Gasteiger partial charge >= 0.3 is 0 Å². The van der Waals surface area contributed by atoms with Crippen LogP contribution in [-0.2, 0) is 4.79 Å². The summed E-state index contributed by atoms with van der Waals surface area (Å²) in [5, 5.41) is 10.8. The van der Waals surface area contributed by atoms with Gasteiger partial charge in [0.1, 0.15) is 12.1 Å². The Morgan fingerprint density at radius 2 is 1.70 bits per heavy atom. The van der Waals surface area contributed by atoms with Crippen LogP contribution in [0.2, 0.25) is 0 Å². The predicted octanol–water partition coefficient (Wildman–Crippen LogP) is 2.32. The molecule has 4 rings (SSSR count). The summed E-state index contributed by atoms with van der Waals surface area (Å²) in [5.41, 5.74) is 0.163. The highest BCUT2D eigenvalue weighted by Gasteiger charge is 2.32. The average molecular weight is 509 g/mol. The second kappa shape index (κ2) is 11.4. The Bertz CT molecular complexity index is 1300. The Hall–Kier alpha value is -4.02. The molecule has 2 amide bonds. The van der Waals surface area contributed by atoms with Crippen molar-refractivity contribution in [2.75, 3.05) is 13.1 Å². The smallest absolute Gasteiger partial charge is 0.280 e. The maximum absolute atomic E-state index is 13.3. The van der Waals surface area contributed by atoms with Crippen molar-refractivity contribution in [1.29, 1.82) is 0 Å². The predicted molar refractivity (Wildman–Crippen MR) is 136 cm³/mol. The van der Waals surface area contributed by atoms with Crippen LogP contribution in [0.1, 0.15) is 51.0 Å². The Morgan fingerprint density at radius 3 is 2.35 bits per heavy atom. The van der Waals surface area contributed by atoms with Gasteiger partial charge in [-0.15, -0.1) is 10.2 Å². The Morgan fingerprint density at radius 1 is 1.03 bits per heavy atom. The quantitative estimate of drug-likeness (QED) is 0.473. The molecule has 0 spiro atoms. The van der Waals surface area contributed by atoms with Crippen LogP contribution in [0.3, 0.4) is 0 Å². The van der Waals surface area contributed by atoms with Crippen LogP contribution in [-0.4, -0.2) is 68.2 Å². The zero-order chi connectivity index (χ0) is 26.5. The lowest BCUT2D eigenvalue weighted by atomic mass is 10.00. The summed E-state index contributed by atoms with van der Waals surface area (Å²) in [6.07, 6.45) is 1.12. The van der Waals surface area contributed by atoms with Gasteiger partial charge in [0.2, 0.25) is 17.7 Å². The van der Waals surface area contributed by atoms with E-state index in [0.29, 0.717) is 48.7 Å². The molecule has 37 heavy (non-hydrogen) atoms. The number of nitrogens with zero attached hydrogens (tertiary/aromatic N) is 4. The number of ether oxygens (including phenoxy) is 2. The van der Waals surface area contributed by atoms with Gasteiger partial charge in [0.15, 0.2) is 5.69 Å². The summed E-state index contributed by atoms with van der Waals surface area (Å²) in [6.45, 7) is 8.47. The number of H-pyrrole nitrogens is 1. The van der Waals surface area contributed by atoms with E-state index in [1.54, 1.807) is 41.3 Å². The standard InChI is InChI=1S/C26H32N6O5/c1-15(2)22(29-25(34)23-24(33)28-19-8-6-5-7-18(19)27-23)26(35)32-13-11-17(12-14-32)37-21-10-9-20(30-31-21)36-16(3)4/h5-10,15-17,22H,11-14H2,1-4H3,(H,28,33)(H,29,34)/t22-/m0/s1. The number of aromatic nitrogens is 4. The zero-order valence-corrected chi connectivity index (χ0v) is 21.4. The van der Waals surface area contributed by atoms with Crippen LogP contribution in [0.5, 0.6) is 11.8 Å². The van der Waals surface area contributed by atoms with Crippen LogP contribution in [0.15, 0.2) is 41.2 Å². The number of fused-ring (bicyclic) bond motifs is 1. The maximum Gasteiger partial charge on any atom is 0.280 e. The topological polar surface area (TPSA) is 139 Å². The van der Waals surface area contributed by atoms with E-state index in [1.807, 2.05) is 27.7 Å². The van der Waals surface area contributed by atoms with Gasteiger partial charge < -0.3 is 24.7 Å². The molecule has 1 aromatic carbocycles. The molecule has 1 aliphatic heterocycles. The normalized spacial score (nSPS) is 15.1. The summed E-state index contributed by atoms with van der Waals surface area (Å²) in [5.74, 6) is -0.228. The minimum atomic E-state index is -0.794. The molecule has 1 atom stereocenters. The Kier molecular flexibility index (Phi) is 8.00. The fraction of sp³-hybridized carbons (Fsp3) is 0.462. The van der Waals surface area contributed by atoms with Gasteiger partial charge in [-0.2, -0.15) is 0 Å². The molecule has 0 radical (unpaired) electrons. The van der Waals surface area contributed by atoms with Crippen molar-refractivity contribution in [2.24, 2.45) is 5.92 Å². The van der Waals surface area contributed by atoms with E-state index >= 15 is 0 Å². The number of carbonyl (C=O) groups is 2. The molecule has 0 unspecified atom stereocenters. The van der Waals surface area contributed by atoms with Crippen LogP contribution in [0.4, 0.5) is 0 Å². The molecule has 196 valence electrons. The number of likely N-dealkylation sites (tertiary alicyclic amines) is 1. The Balaban J connectivity index is 1.35. The summed E-state index contributed by atoms with van der Waals surface area (Å²) >= 11 is 0. The van der Waals surface area contributed by atoms with Crippen molar-refractivity contribution >= 4 is 22.8 Å². The van der Waals surface area contributed by atoms with Crippen molar-refractivity contribution in [2.45, 2.75) is 58.8 Å². The molecule has 1 aliphatic rings. The van der Waals surface area contributed by atoms with Crippen molar-refractivity contribution < 1.29 is 19.1 Å². The number of carbonyl (C=O) groups excluding carboxylic acids is 2. The van der Waals surface area contributed by atoms with Crippen LogP contribution >= 0.6 is 0 Å². The van der Waals surface area contributed by atoms with E-state index in [-0.39, 0.29) is 29.7 Å². The second-order valence-corrected chi connectivity index (χ2v) is 9.65. The molecule has 1 fully saturated rings. The number of para-hydroxylation sites is 2. The molecule has 0 aliphatic carbocycles. The van der Waals surface area contributed by atoms with Crippen LogP contribution < -0.4 is 20.3 Å². The highest BCUT2D eigenvalue weighted by Crippen LogP contribution is 2.20.